The Morgan fingerprint density at radius 2 is 1.47 bits per heavy atom. The standard InChI is InChI=1S/C24H31NO7/c1-6-29-20-13-18(14-21(30-7-2)23(20)31-8-3)24(27)32-15-22(26)25-16(4)17-9-11-19(28-5)12-10-17/h9-14,16H,6-8,15H2,1-5H3,(H,25,26)/t16-/m0/s1. The summed E-state index contributed by atoms with van der Waals surface area (Å²) >= 11 is 0. The number of carbonyl (C=O) groups is 2. The van der Waals surface area contributed by atoms with E-state index in [9.17, 15) is 9.59 Å². The Balaban J connectivity index is 2.04. The van der Waals surface area contributed by atoms with Crippen LogP contribution in [0.3, 0.4) is 0 Å². The highest BCUT2D eigenvalue weighted by Crippen LogP contribution is 2.39. The first kappa shape index (κ1) is 24.8. The lowest BCUT2D eigenvalue weighted by Crippen LogP contribution is -2.31. The molecular weight excluding hydrogens is 414 g/mol. The number of esters is 1. The maximum absolute atomic E-state index is 12.6. The van der Waals surface area contributed by atoms with Crippen LogP contribution in [0.15, 0.2) is 36.4 Å². The Hall–Kier alpha value is -3.42. The van der Waals surface area contributed by atoms with E-state index < -0.39 is 18.5 Å². The van der Waals surface area contributed by atoms with Gasteiger partial charge in [0, 0.05) is 0 Å². The molecule has 2 aromatic carbocycles. The summed E-state index contributed by atoms with van der Waals surface area (Å²) in [5.41, 5.74) is 1.11. The lowest BCUT2D eigenvalue weighted by molar-refractivity contribution is -0.124. The molecule has 2 rings (SSSR count). The molecule has 0 spiro atoms. The molecule has 0 radical (unpaired) electrons. The third-order valence-electron chi connectivity index (χ3n) is 4.47. The monoisotopic (exact) mass is 445 g/mol. The number of rotatable bonds is 12. The molecule has 0 bridgehead atoms. The summed E-state index contributed by atoms with van der Waals surface area (Å²) < 4.78 is 27.2. The summed E-state index contributed by atoms with van der Waals surface area (Å²) in [6.45, 7) is 8.11. The van der Waals surface area contributed by atoms with Crippen LogP contribution in [0.2, 0.25) is 0 Å². The van der Waals surface area contributed by atoms with Crippen LogP contribution < -0.4 is 24.3 Å². The van der Waals surface area contributed by atoms with Crippen LogP contribution in [0.25, 0.3) is 0 Å². The molecule has 0 saturated heterocycles. The molecule has 1 amide bonds. The normalized spacial score (nSPS) is 11.3. The van der Waals surface area contributed by atoms with Crippen molar-refractivity contribution < 1.29 is 33.3 Å². The smallest absolute Gasteiger partial charge is 0.338 e. The van der Waals surface area contributed by atoms with Crippen molar-refractivity contribution >= 4 is 11.9 Å². The number of hydrogen-bond donors (Lipinski definition) is 1. The van der Waals surface area contributed by atoms with Crippen LogP contribution in [0.4, 0.5) is 0 Å². The quantitative estimate of drug-likeness (QED) is 0.495. The van der Waals surface area contributed by atoms with Crippen molar-refractivity contribution in [2.45, 2.75) is 33.7 Å². The van der Waals surface area contributed by atoms with Gasteiger partial charge in [0.15, 0.2) is 18.1 Å². The largest absolute Gasteiger partial charge is 0.497 e. The van der Waals surface area contributed by atoms with Crippen molar-refractivity contribution in [3.8, 4) is 23.0 Å². The molecule has 1 N–H and O–H groups in total. The van der Waals surface area contributed by atoms with Gasteiger partial charge in [-0.2, -0.15) is 0 Å². The predicted molar refractivity (Wildman–Crippen MR) is 120 cm³/mol. The minimum Gasteiger partial charge on any atom is -0.497 e. The molecule has 0 unspecified atom stereocenters. The molecule has 8 heteroatoms. The second kappa shape index (κ2) is 12.4. The Bertz CT molecular complexity index is 869. The van der Waals surface area contributed by atoms with Gasteiger partial charge < -0.3 is 29.0 Å². The molecular formula is C24H31NO7. The van der Waals surface area contributed by atoms with Crippen LogP contribution in [0.1, 0.15) is 49.7 Å². The van der Waals surface area contributed by atoms with Gasteiger partial charge in [0.25, 0.3) is 5.91 Å². The number of benzene rings is 2. The molecule has 0 fully saturated rings. The highest BCUT2D eigenvalue weighted by atomic mass is 16.5. The van der Waals surface area contributed by atoms with E-state index in [1.165, 1.54) is 12.1 Å². The fourth-order valence-electron chi connectivity index (χ4n) is 2.98. The van der Waals surface area contributed by atoms with Gasteiger partial charge in [-0.05, 0) is 57.5 Å². The Labute approximate surface area is 188 Å². The first-order valence-corrected chi connectivity index (χ1v) is 10.6. The summed E-state index contributed by atoms with van der Waals surface area (Å²) in [4.78, 5) is 24.9. The SMILES string of the molecule is CCOc1cc(C(=O)OCC(=O)N[C@@H](C)c2ccc(OC)cc2)cc(OCC)c1OCC. The van der Waals surface area contributed by atoms with Crippen molar-refractivity contribution in [1.82, 2.24) is 5.32 Å². The molecule has 174 valence electrons. The summed E-state index contributed by atoms with van der Waals surface area (Å²) in [7, 11) is 1.59. The minimum atomic E-state index is -0.665. The van der Waals surface area contributed by atoms with Gasteiger partial charge in [0.1, 0.15) is 5.75 Å². The highest BCUT2D eigenvalue weighted by Gasteiger charge is 2.20. The molecule has 0 aliphatic heterocycles. The molecule has 0 aliphatic rings. The van der Waals surface area contributed by atoms with E-state index in [0.29, 0.717) is 37.1 Å². The fourth-order valence-corrected chi connectivity index (χ4v) is 2.98. The fraction of sp³-hybridized carbons (Fsp3) is 0.417. The summed E-state index contributed by atoms with van der Waals surface area (Å²) in [6, 6.07) is 10.1. The zero-order valence-electron chi connectivity index (χ0n) is 19.2. The van der Waals surface area contributed by atoms with Crippen molar-refractivity contribution in [3.05, 3.63) is 47.5 Å². The lowest BCUT2D eigenvalue weighted by Gasteiger charge is -2.17. The maximum Gasteiger partial charge on any atom is 0.338 e. The first-order chi connectivity index (χ1) is 15.4. The molecule has 0 aliphatic carbocycles. The van der Waals surface area contributed by atoms with Crippen LogP contribution in [-0.2, 0) is 9.53 Å². The van der Waals surface area contributed by atoms with Gasteiger partial charge in [0.05, 0.1) is 38.5 Å². The van der Waals surface area contributed by atoms with Crippen LogP contribution >= 0.6 is 0 Å². The maximum atomic E-state index is 12.6. The average molecular weight is 446 g/mol. The predicted octanol–water partition coefficient (Wildman–Crippen LogP) is 3.93. The molecule has 0 saturated carbocycles. The van der Waals surface area contributed by atoms with Crippen LogP contribution in [0.5, 0.6) is 23.0 Å². The van der Waals surface area contributed by atoms with Crippen molar-refractivity contribution in [1.29, 1.82) is 0 Å². The highest BCUT2D eigenvalue weighted by molar-refractivity contribution is 5.92. The molecule has 0 aromatic heterocycles. The van der Waals surface area contributed by atoms with Crippen molar-refractivity contribution in [2.24, 2.45) is 0 Å². The lowest BCUT2D eigenvalue weighted by atomic mass is 10.1. The van der Waals surface area contributed by atoms with Gasteiger partial charge >= 0.3 is 5.97 Å². The average Bonchev–Trinajstić information content (AvgIpc) is 2.79. The summed E-state index contributed by atoms with van der Waals surface area (Å²) in [5.74, 6) is 0.841. The van der Waals surface area contributed by atoms with Crippen molar-refractivity contribution in [3.63, 3.8) is 0 Å². The number of amides is 1. The zero-order chi connectivity index (χ0) is 23.5. The first-order valence-electron chi connectivity index (χ1n) is 10.6. The topological polar surface area (TPSA) is 92.3 Å². The van der Waals surface area contributed by atoms with Crippen molar-refractivity contribution in [2.75, 3.05) is 33.5 Å². The van der Waals surface area contributed by atoms with E-state index in [4.69, 9.17) is 23.7 Å². The summed E-state index contributed by atoms with van der Waals surface area (Å²) in [6.07, 6.45) is 0. The third-order valence-corrected chi connectivity index (χ3v) is 4.47. The Kier molecular flexibility index (Phi) is 9.66. The van der Waals surface area contributed by atoms with E-state index in [0.717, 1.165) is 11.3 Å². The third kappa shape index (κ3) is 6.80. The zero-order valence-corrected chi connectivity index (χ0v) is 19.2. The van der Waals surface area contributed by atoms with Gasteiger partial charge in [-0.3, -0.25) is 4.79 Å². The number of methoxy groups -OCH3 is 1. The van der Waals surface area contributed by atoms with Crippen LogP contribution in [0, 0.1) is 0 Å². The minimum absolute atomic E-state index is 0.205. The number of nitrogens with one attached hydrogen (secondary N) is 1. The van der Waals surface area contributed by atoms with E-state index in [-0.39, 0.29) is 11.6 Å². The molecule has 32 heavy (non-hydrogen) atoms. The number of carbonyl (C=O) groups excluding carboxylic acids is 2. The van der Waals surface area contributed by atoms with E-state index in [2.05, 4.69) is 5.32 Å². The number of hydrogen-bond acceptors (Lipinski definition) is 7. The molecule has 2 aromatic rings. The molecule has 1 atom stereocenters. The second-order valence-corrected chi connectivity index (χ2v) is 6.74. The second-order valence-electron chi connectivity index (χ2n) is 6.74. The van der Waals surface area contributed by atoms with Gasteiger partial charge in [-0.25, -0.2) is 4.79 Å². The van der Waals surface area contributed by atoms with Crippen LogP contribution in [-0.4, -0.2) is 45.4 Å². The van der Waals surface area contributed by atoms with E-state index in [1.54, 1.807) is 7.11 Å². The van der Waals surface area contributed by atoms with Gasteiger partial charge in [-0.1, -0.05) is 12.1 Å². The number of ether oxygens (including phenoxy) is 5. The Morgan fingerprint density at radius 1 is 0.906 bits per heavy atom. The van der Waals surface area contributed by atoms with E-state index in [1.807, 2.05) is 52.0 Å². The van der Waals surface area contributed by atoms with E-state index >= 15 is 0 Å². The van der Waals surface area contributed by atoms with Gasteiger partial charge in [0.2, 0.25) is 5.75 Å². The van der Waals surface area contributed by atoms with Gasteiger partial charge in [-0.15, -0.1) is 0 Å². The molecule has 8 nitrogen and oxygen atoms in total. The molecule has 0 heterocycles. The Morgan fingerprint density at radius 3 is 1.97 bits per heavy atom. The summed E-state index contributed by atoms with van der Waals surface area (Å²) in [5, 5.41) is 2.80.